The lowest BCUT2D eigenvalue weighted by Crippen LogP contribution is -2.48. The number of hydrogen-bond acceptors (Lipinski definition) is 4. The lowest BCUT2D eigenvalue weighted by Gasteiger charge is -2.45. The zero-order chi connectivity index (χ0) is 17.3. The van der Waals surface area contributed by atoms with Crippen molar-refractivity contribution in [1.29, 1.82) is 21.2 Å². The predicted octanol–water partition coefficient (Wildman–Crippen LogP) is 4.36. The monoisotopic (exact) mass is 334 g/mol. The highest BCUT2D eigenvalue weighted by Gasteiger charge is 2.57. The van der Waals surface area contributed by atoms with E-state index in [1.807, 2.05) is 12.1 Å². The molecule has 2 aliphatic carbocycles. The molecule has 0 spiro atoms. The molecule has 0 amide bonds. The van der Waals surface area contributed by atoms with E-state index in [1.165, 1.54) is 0 Å². The zero-order valence-corrected chi connectivity index (χ0v) is 13.7. The highest BCUT2D eigenvalue weighted by atomic mass is 35.5. The van der Waals surface area contributed by atoms with E-state index in [-0.39, 0.29) is 11.6 Å². The molecule has 0 saturated heterocycles. The fourth-order valence-electron chi connectivity index (χ4n) is 4.09. The van der Waals surface area contributed by atoms with Crippen LogP contribution in [0.3, 0.4) is 0 Å². The standard InChI is InChI=1S/C19H15ClN4/c20-13-5-3-4-12(8-13)17-15-7-2-1-6-14(15)16(9-21)18(24)19(17,10-22)11-23/h3-6,8,15-17,24H,1-2,7H2/t15-,16-,17+/m1/s1. The summed E-state index contributed by atoms with van der Waals surface area (Å²) in [6.45, 7) is 0. The van der Waals surface area contributed by atoms with Gasteiger partial charge in [-0.1, -0.05) is 29.8 Å². The van der Waals surface area contributed by atoms with Gasteiger partial charge in [0.05, 0.1) is 23.9 Å². The van der Waals surface area contributed by atoms with Crippen molar-refractivity contribution in [3.63, 3.8) is 0 Å². The van der Waals surface area contributed by atoms with Crippen LogP contribution in [-0.4, -0.2) is 5.71 Å². The van der Waals surface area contributed by atoms with Gasteiger partial charge < -0.3 is 5.41 Å². The van der Waals surface area contributed by atoms with Gasteiger partial charge in [-0.3, -0.25) is 0 Å². The van der Waals surface area contributed by atoms with Crippen molar-refractivity contribution in [3.8, 4) is 18.2 Å². The van der Waals surface area contributed by atoms with E-state index in [2.05, 4.69) is 18.2 Å². The summed E-state index contributed by atoms with van der Waals surface area (Å²) in [6, 6.07) is 13.4. The number of benzene rings is 1. The Labute approximate surface area is 146 Å². The van der Waals surface area contributed by atoms with Gasteiger partial charge in [0.2, 0.25) is 0 Å². The van der Waals surface area contributed by atoms with Gasteiger partial charge in [-0.05, 0) is 48.4 Å². The van der Waals surface area contributed by atoms with Gasteiger partial charge in [0.25, 0.3) is 0 Å². The first-order valence-electron chi connectivity index (χ1n) is 7.85. The van der Waals surface area contributed by atoms with Crippen LogP contribution in [0.5, 0.6) is 0 Å². The molecule has 3 rings (SSSR count). The van der Waals surface area contributed by atoms with Crippen molar-refractivity contribution in [1.82, 2.24) is 0 Å². The fraction of sp³-hybridized carbons (Fsp3) is 0.368. The van der Waals surface area contributed by atoms with Crippen molar-refractivity contribution >= 4 is 17.3 Å². The average Bonchev–Trinajstić information content (AvgIpc) is 2.61. The largest absolute Gasteiger partial charge is 0.305 e. The molecule has 0 heterocycles. The second-order valence-corrected chi connectivity index (χ2v) is 6.72. The Morgan fingerprint density at radius 1 is 1.21 bits per heavy atom. The molecular formula is C19H15ClN4. The molecule has 5 heteroatoms. The minimum Gasteiger partial charge on any atom is -0.305 e. The minimum atomic E-state index is -1.63. The van der Waals surface area contributed by atoms with E-state index in [1.54, 1.807) is 18.2 Å². The Balaban J connectivity index is 2.27. The van der Waals surface area contributed by atoms with E-state index in [9.17, 15) is 15.8 Å². The molecule has 0 aromatic heterocycles. The topological polar surface area (TPSA) is 95.2 Å². The van der Waals surface area contributed by atoms with Crippen LogP contribution >= 0.6 is 11.6 Å². The van der Waals surface area contributed by atoms with E-state index in [0.717, 1.165) is 30.4 Å². The molecular weight excluding hydrogens is 320 g/mol. The van der Waals surface area contributed by atoms with Crippen LogP contribution in [0.4, 0.5) is 0 Å². The fourth-order valence-corrected chi connectivity index (χ4v) is 4.28. The second kappa shape index (κ2) is 6.12. The minimum absolute atomic E-state index is 0.0877. The van der Waals surface area contributed by atoms with Crippen LogP contribution in [0.1, 0.15) is 30.7 Å². The van der Waals surface area contributed by atoms with Gasteiger partial charge in [-0.2, -0.15) is 15.8 Å². The van der Waals surface area contributed by atoms with Crippen LogP contribution < -0.4 is 0 Å². The summed E-state index contributed by atoms with van der Waals surface area (Å²) in [6.07, 6.45) is 4.64. The summed E-state index contributed by atoms with van der Waals surface area (Å²) in [4.78, 5) is 0. The van der Waals surface area contributed by atoms with Gasteiger partial charge in [-0.15, -0.1) is 0 Å². The molecule has 1 N–H and O–H groups in total. The van der Waals surface area contributed by atoms with Gasteiger partial charge >= 0.3 is 0 Å². The summed E-state index contributed by atoms with van der Waals surface area (Å²) < 4.78 is 0. The second-order valence-electron chi connectivity index (χ2n) is 6.28. The molecule has 24 heavy (non-hydrogen) atoms. The molecule has 0 aliphatic heterocycles. The number of nitrogens with one attached hydrogen (secondary N) is 1. The molecule has 1 aromatic rings. The van der Waals surface area contributed by atoms with Gasteiger partial charge in [0.1, 0.15) is 5.92 Å². The lowest BCUT2D eigenvalue weighted by atomic mass is 9.53. The van der Waals surface area contributed by atoms with Crippen molar-refractivity contribution in [2.75, 3.05) is 0 Å². The Kier molecular flexibility index (Phi) is 4.15. The maximum atomic E-state index is 9.84. The molecule has 0 unspecified atom stereocenters. The maximum absolute atomic E-state index is 9.84. The Morgan fingerprint density at radius 2 is 1.96 bits per heavy atom. The molecule has 1 aromatic carbocycles. The van der Waals surface area contributed by atoms with Crippen LogP contribution in [0.25, 0.3) is 0 Å². The molecule has 1 fully saturated rings. The van der Waals surface area contributed by atoms with Crippen LogP contribution in [0, 0.1) is 56.7 Å². The van der Waals surface area contributed by atoms with E-state index in [0.29, 0.717) is 5.02 Å². The third-order valence-corrected chi connectivity index (χ3v) is 5.37. The third kappa shape index (κ3) is 2.22. The van der Waals surface area contributed by atoms with Crippen molar-refractivity contribution in [2.45, 2.75) is 25.2 Å². The van der Waals surface area contributed by atoms with Crippen LogP contribution in [0.15, 0.2) is 35.9 Å². The number of rotatable bonds is 1. The SMILES string of the molecule is N#C[C@H]1C(=N)C(C#N)(C#N)[C@@H](c2cccc(Cl)c2)[C@@H]2CCCC=C12. The summed E-state index contributed by atoms with van der Waals surface area (Å²) in [5.74, 6) is -1.35. The summed E-state index contributed by atoms with van der Waals surface area (Å²) in [5.41, 5.74) is -0.0708. The first kappa shape index (κ1) is 16.3. The number of fused-ring (bicyclic) bond motifs is 1. The zero-order valence-electron chi connectivity index (χ0n) is 13.0. The van der Waals surface area contributed by atoms with Crippen LogP contribution in [-0.2, 0) is 0 Å². The smallest absolute Gasteiger partial charge is 0.189 e. The van der Waals surface area contributed by atoms with Crippen LogP contribution in [0.2, 0.25) is 5.02 Å². The molecule has 3 atom stereocenters. The Bertz CT molecular complexity index is 835. The molecule has 1 saturated carbocycles. The van der Waals surface area contributed by atoms with Gasteiger partial charge in [0.15, 0.2) is 5.41 Å². The van der Waals surface area contributed by atoms with Crippen molar-refractivity contribution in [2.24, 2.45) is 17.3 Å². The Morgan fingerprint density at radius 3 is 2.58 bits per heavy atom. The normalized spacial score (nSPS) is 27.8. The molecule has 4 nitrogen and oxygen atoms in total. The van der Waals surface area contributed by atoms with E-state index < -0.39 is 17.3 Å². The number of halogens is 1. The average molecular weight is 335 g/mol. The van der Waals surface area contributed by atoms with Gasteiger partial charge in [-0.25, -0.2) is 0 Å². The summed E-state index contributed by atoms with van der Waals surface area (Å²) in [7, 11) is 0. The molecule has 118 valence electrons. The Hall–Kier alpha value is -2.61. The van der Waals surface area contributed by atoms with Gasteiger partial charge in [0, 0.05) is 10.9 Å². The van der Waals surface area contributed by atoms with Crippen molar-refractivity contribution in [3.05, 3.63) is 46.5 Å². The first-order chi connectivity index (χ1) is 11.6. The first-order valence-corrected chi connectivity index (χ1v) is 8.23. The summed E-state index contributed by atoms with van der Waals surface area (Å²) >= 11 is 6.12. The number of hydrogen-bond donors (Lipinski definition) is 1. The quantitative estimate of drug-likeness (QED) is 0.773. The number of allylic oxidation sites excluding steroid dienone is 2. The molecule has 0 radical (unpaired) electrons. The predicted molar refractivity (Wildman–Crippen MR) is 90.1 cm³/mol. The lowest BCUT2D eigenvalue weighted by molar-refractivity contribution is 0.320. The van der Waals surface area contributed by atoms with Crippen molar-refractivity contribution < 1.29 is 0 Å². The van der Waals surface area contributed by atoms with E-state index in [4.69, 9.17) is 17.0 Å². The van der Waals surface area contributed by atoms with E-state index >= 15 is 0 Å². The highest BCUT2D eigenvalue weighted by Crippen LogP contribution is 2.55. The summed E-state index contributed by atoms with van der Waals surface area (Å²) in [5, 5.41) is 38.2. The number of nitrogens with zero attached hydrogens (tertiary/aromatic N) is 3. The highest BCUT2D eigenvalue weighted by molar-refractivity contribution is 6.30. The molecule has 0 bridgehead atoms. The third-order valence-electron chi connectivity index (χ3n) is 5.13. The maximum Gasteiger partial charge on any atom is 0.189 e. The molecule has 2 aliphatic rings. The number of nitriles is 3.